The third kappa shape index (κ3) is 7.22. The zero-order chi connectivity index (χ0) is 20.4. The Morgan fingerprint density at radius 2 is 2.00 bits per heavy atom. The molecule has 0 aliphatic rings. The van der Waals surface area contributed by atoms with Crippen molar-refractivity contribution >= 4 is 27.5 Å². The highest BCUT2D eigenvalue weighted by Crippen LogP contribution is 2.37. The van der Waals surface area contributed by atoms with Gasteiger partial charge in [-0.3, -0.25) is 0 Å². The maximum Gasteiger partial charge on any atom is 0.175 e. The standard InChI is InChI=1S/C20H24BrClFNO4/c1-2-27-19-10-14(12-24-5-7-26-8-6-25)9-17(21)20(19)28-13-15-3-4-16(23)11-18(15)22/h3-4,9-11,24-25H,2,5-8,12-13H2,1H3. The van der Waals surface area contributed by atoms with Gasteiger partial charge in [-0.25, -0.2) is 4.39 Å². The van der Waals surface area contributed by atoms with Gasteiger partial charge >= 0.3 is 0 Å². The zero-order valence-electron chi connectivity index (χ0n) is 15.6. The molecule has 0 amide bonds. The Hall–Kier alpha value is -1.38. The van der Waals surface area contributed by atoms with E-state index in [1.54, 1.807) is 6.07 Å². The Labute approximate surface area is 177 Å². The van der Waals surface area contributed by atoms with Crippen LogP contribution in [0.15, 0.2) is 34.8 Å². The van der Waals surface area contributed by atoms with Crippen molar-refractivity contribution in [3.63, 3.8) is 0 Å². The molecule has 28 heavy (non-hydrogen) atoms. The molecule has 0 atom stereocenters. The first-order chi connectivity index (χ1) is 13.5. The van der Waals surface area contributed by atoms with Crippen molar-refractivity contribution in [2.24, 2.45) is 0 Å². The number of nitrogens with one attached hydrogen (secondary N) is 1. The van der Waals surface area contributed by atoms with Gasteiger partial charge in [0.05, 0.1) is 35.9 Å². The molecule has 0 unspecified atom stereocenters. The van der Waals surface area contributed by atoms with Crippen molar-refractivity contribution < 1.29 is 23.7 Å². The average Bonchev–Trinajstić information content (AvgIpc) is 2.65. The minimum atomic E-state index is -0.386. The van der Waals surface area contributed by atoms with Gasteiger partial charge in [0.2, 0.25) is 0 Å². The smallest absolute Gasteiger partial charge is 0.175 e. The molecule has 0 radical (unpaired) electrons. The van der Waals surface area contributed by atoms with Gasteiger partial charge in [-0.05, 0) is 52.7 Å². The monoisotopic (exact) mass is 475 g/mol. The fourth-order valence-electron chi connectivity index (χ4n) is 2.46. The second kappa shape index (κ2) is 12.2. The van der Waals surface area contributed by atoms with Crippen LogP contribution in [0.1, 0.15) is 18.1 Å². The largest absolute Gasteiger partial charge is 0.490 e. The summed E-state index contributed by atoms with van der Waals surface area (Å²) in [6.45, 7) is 4.77. The van der Waals surface area contributed by atoms with Crippen molar-refractivity contribution in [1.82, 2.24) is 5.32 Å². The second-order valence-corrected chi connectivity index (χ2v) is 7.14. The summed E-state index contributed by atoms with van der Waals surface area (Å²) < 4.78 is 30.8. The summed E-state index contributed by atoms with van der Waals surface area (Å²) in [6, 6.07) is 8.08. The third-order valence-corrected chi connectivity index (χ3v) is 4.69. The van der Waals surface area contributed by atoms with E-state index in [1.165, 1.54) is 12.1 Å². The lowest BCUT2D eigenvalue weighted by Crippen LogP contribution is -2.20. The van der Waals surface area contributed by atoms with Gasteiger partial charge in [0, 0.05) is 18.7 Å². The van der Waals surface area contributed by atoms with E-state index in [2.05, 4.69) is 21.2 Å². The predicted octanol–water partition coefficient (Wildman–Crippen LogP) is 4.32. The van der Waals surface area contributed by atoms with Crippen LogP contribution in [0.2, 0.25) is 5.02 Å². The maximum atomic E-state index is 13.2. The van der Waals surface area contributed by atoms with Crippen LogP contribution < -0.4 is 14.8 Å². The molecule has 0 aromatic heterocycles. The minimum Gasteiger partial charge on any atom is -0.490 e. The van der Waals surface area contributed by atoms with Crippen LogP contribution in [0, 0.1) is 5.82 Å². The Bertz CT molecular complexity index is 763. The summed E-state index contributed by atoms with van der Waals surface area (Å²) in [5.41, 5.74) is 1.70. The van der Waals surface area contributed by atoms with Gasteiger partial charge in [0.15, 0.2) is 11.5 Å². The first-order valence-electron chi connectivity index (χ1n) is 8.96. The predicted molar refractivity (Wildman–Crippen MR) is 111 cm³/mol. The molecule has 0 aliphatic heterocycles. The lowest BCUT2D eigenvalue weighted by atomic mass is 10.2. The number of ether oxygens (including phenoxy) is 3. The molecule has 0 spiro atoms. The molecular formula is C20H24BrClFNO4. The molecular weight excluding hydrogens is 453 g/mol. The molecule has 0 saturated carbocycles. The molecule has 8 heteroatoms. The van der Waals surface area contributed by atoms with Gasteiger partial charge < -0.3 is 24.6 Å². The quantitative estimate of drug-likeness (QED) is 0.447. The maximum absolute atomic E-state index is 13.2. The number of rotatable bonds is 12. The minimum absolute atomic E-state index is 0.0231. The van der Waals surface area contributed by atoms with Crippen molar-refractivity contribution in [2.75, 3.05) is 33.0 Å². The zero-order valence-corrected chi connectivity index (χ0v) is 18.0. The van der Waals surface area contributed by atoms with Crippen molar-refractivity contribution in [3.05, 3.63) is 56.8 Å². The van der Waals surface area contributed by atoms with Crippen molar-refractivity contribution in [2.45, 2.75) is 20.1 Å². The van der Waals surface area contributed by atoms with Gasteiger partial charge in [0.1, 0.15) is 12.4 Å². The highest BCUT2D eigenvalue weighted by atomic mass is 79.9. The summed E-state index contributed by atoms with van der Waals surface area (Å²) in [7, 11) is 0. The van der Waals surface area contributed by atoms with E-state index >= 15 is 0 Å². The summed E-state index contributed by atoms with van der Waals surface area (Å²) in [5, 5.41) is 12.3. The molecule has 2 rings (SSSR count). The molecule has 2 N–H and O–H groups in total. The van der Waals surface area contributed by atoms with Gasteiger partial charge in [-0.15, -0.1) is 0 Å². The molecule has 2 aromatic carbocycles. The fourth-order valence-corrected chi connectivity index (χ4v) is 3.28. The Morgan fingerprint density at radius 1 is 1.18 bits per heavy atom. The first kappa shape index (κ1) is 22.9. The summed E-state index contributed by atoms with van der Waals surface area (Å²) in [6.07, 6.45) is 0. The van der Waals surface area contributed by atoms with Crippen LogP contribution >= 0.6 is 27.5 Å². The van der Waals surface area contributed by atoms with E-state index in [0.717, 1.165) is 10.0 Å². The summed E-state index contributed by atoms with van der Waals surface area (Å²) in [5.74, 6) is 0.796. The van der Waals surface area contributed by atoms with Gasteiger partial charge in [0.25, 0.3) is 0 Å². The van der Waals surface area contributed by atoms with Crippen LogP contribution in [-0.4, -0.2) is 38.1 Å². The normalized spacial score (nSPS) is 10.9. The Balaban J connectivity index is 2.02. The van der Waals surface area contributed by atoms with Crippen molar-refractivity contribution in [3.8, 4) is 11.5 Å². The molecule has 154 valence electrons. The fraction of sp³-hybridized carbons (Fsp3) is 0.400. The van der Waals surface area contributed by atoms with E-state index in [0.29, 0.717) is 55.0 Å². The Kier molecular flexibility index (Phi) is 10.0. The summed E-state index contributed by atoms with van der Waals surface area (Å²) in [4.78, 5) is 0. The highest BCUT2D eigenvalue weighted by Gasteiger charge is 2.13. The van der Waals surface area contributed by atoms with Gasteiger partial charge in [-0.1, -0.05) is 17.7 Å². The number of aliphatic hydroxyl groups is 1. The van der Waals surface area contributed by atoms with Crippen LogP contribution in [0.25, 0.3) is 0 Å². The molecule has 0 heterocycles. The number of halogens is 3. The van der Waals surface area contributed by atoms with Crippen LogP contribution in [0.4, 0.5) is 4.39 Å². The first-order valence-corrected chi connectivity index (χ1v) is 10.1. The van der Waals surface area contributed by atoms with Crippen LogP contribution in [-0.2, 0) is 17.9 Å². The molecule has 0 saturated heterocycles. The molecule has 0 bridgehead atoms. The van der Waals surface area contributed by atoms with E-state index in [-0.39, 0.29) is 19.0 Å². The number of hydrogen-bond donors (Lipinski definition) is 2. The number of benzene rings is 2. The Morgan fingerprint density at radius 3 is 2.71 bits per heavy atom. The van der Waals surface area contributed by atoms with E-state index in [9.17, 15) is 4.39 Å². The van der Waals surface area contributed by atoms with Gasteiger partial charge in [-0.2, -0.15) is 0 Å². The van der Waals surface area contributed by atoms with Crippen LogP contribution in [0.3, 0.4) is 0 Å². The topological polar surface area (TPSA) is 60.0 Å². The molecule has 2 aromatic rings. The van der Waals surface area contributed by atoms with E-state index in [1.807, 2.05) is 19.1 Å². The van der Waals surface area contributed by atoms with Crippen molar-refractivity contribution in [1.29, 1.82) is 0 Å². The third-order valence-electron chi connectivity index (χ3n) is 3.74. The van der Waals surface area contributed by atoms with E-state index in [4.69, 9.17) is 30.9 Å². The highest BCUT2D eigenvalue weighted by molar-refractivity contribution is 9.10. The lowest BCUT2D eigenvalue weighted by molar-refractivity contribution is 0.0938. The molecule has 0 fully saturated rings. The number of aliphatic hydroxyl groups excluding tert-OH is 1. The summed E-state index contributed by atoms with van der Waals surface area (Å²) >= 11 is 9.61. The molecule has 0 aliphatic carbocycles. The second-order valence-electron chi connectivity index (χ2n) is 5.88. The van der Waals surface area contributed by atoms with Crippen LogP contribution in [0.5, 0.6) is 11.5 Å². The SMILES string of the molecule is CCOc1cc(CNCCOCCO)cc(Br)c1OCc1ccc(F)cc1Cl. The number of hydrogen-bond acceptors (Lipinski definition) is 5. The lowest BCUT2D eigenvalue weighted by Gasteiger charge is -2.16. The van der Waals surface area contributed by atoms with E-state index < -0.39 is 0 Å². The molecule has 5 nitrogen and oxygen atoms in total. The average molecular weight is 477 g/mol.